The first-order valence-electron chi connectivity index (χ1n) is 9.11. The van der Waals surface area contributed by atoms with E-state index in [0.29, 0.717) is 5.41 Å². The van der Waals surface area contributed by atoms with E-state index in [1.807, 2.05) is 25.7 Å². The molecule has 1 saturated heterocycles. The molecule has 132 valence electrons. The summed E-state index contributed by atoms with van der Waals surface area (Å²) in [5.41, 5.74) is -0.114. The Bertz CT molecular complexity index is 418. The first-order valence-corrected chi connectivity index (χ1v) is 9.11. The van der Waals surface area contributed by atoms with E-state index in [9.17, 15) is 4.79 Å². The molecule has 0 aromatic carbocycles. The van der Waals surface area contributed by atoms with E-state index in [1.54, 1.807) is 0 Å². The molecule has 1 heterocycles. The Labute approximate surface area is 141 Å². The second kappa shape index (κ2) is 7.69. The molecule has 1 amide bonds. The average Bonchev–Trinajstić information content (AvgIpc) is 2.47. The molecule has 0 saturated carbocycles. The van der Waals surface area contributed by atoms with Crippen molar-refractivity contribution in [2.24, 2.45) is 11.3 Å². The summed E-state index contributed by atoms with van der Waals surface area (Å²) >= 11 is 0. The standard InChI is InChI=1S/C19H34N2O2/c1-18(2,3)23-17(22)21-12-10-19(4,11-13-21)15-20-14-16-8-6-5-7-9-16/h5-6,16,20H,7-15H2,1-4H3. The van der Waals surface area contributed by atoms with Gasteiger partial charge in [-0.15, -0.1) is 0 Å². The highest BCUT2D eigenvalue weighted by Gasteiger charge is 2.33. The van der Waals surface area contributed by atoms with Crippen molar-refractivity contribution in [2.45, 2.75) is 65.4 Å². The summed E-state index contributed by atoms with van der Waals surface area (Å²) in [6, 6.07) is 0. The predicted octanol–water partition coefficient (Wildman–Crippen LogP) is 3.97. The Morgan fingerprint density at radius 1 is 1.30 bits per heavy atom. The number of piperidine rings is 1. The normalized spacial score (nSPS) is 24.5. The highest BCUT2D eigenvalue weighted by Crippen LogP contribution is 2.31. The Kier molecular flexibility index (Phi) is 6.12. The molecule has 0 bridgehead atoms. The van der Waals surface area contributed by atoms with Crippen LogP contribution in [-0.2, 0) is 4.74 Å². The van der Waals surface area contributed by atoms with Crippen molar-refractivity contribution in [1.29, 1.82) is 0 Å². The molecule has 1 aliphatic carbocycles. The van der Waals surface area contributed by atoms with Crippen molar-refractivity contribution in [3.63, 3.8) is 0 Å². The summed E-state index contributed by atoms with van der Waals surface area (Å²) in [6.07, 6.45) is 10.3. The van der Waals surface area contributed by atoms with Gasteiger partial charge in [-0.3, -0.25) is 0 Å². The molecule has 1 fully saturated rings. The number of nitrogens with one attached hydrogen (secondary N) is 1. The van der Waals surface area contributed by atoms with Gasteiger partial charge in [0.25, 0.3) is 0 Å². The summed E-state index contributed by atoms with van der Waals surface area (Å²) in [4.78, 5) is 14.0. The second-order valence-corrected chi connectivity index (χ2v) is 8.56. The van der Waals surface area contributed by atoms with Gasteiger partial charge in [-0.05, 0) is 70.8 Å². The van der Waals surface area contributed by atoms with E-state index in [1.165, 1.54) is 19.3 Å². The zero-order valence-corrected chi connectivity index (χ0v) is 15.4. The third-order valence-electron chi connectivity index (χ3n) is 4.98. The third kappa shape index (κ3) is 6.17. The molecule has 0 aromatic heterocycles. The van der Waals surface area contributed by atoms with E-state index in [4.69, 9.17) is 4.74 Å². The third-order valence-corrected chi connectivity index (χ3v) is 4.98. The zero-order valence-electron chi connectivity index (χ0n) is 15.4. The second-order valence-electron chi connectivity index (χ2n) is 8.56. The first kappa shape index (κ1) is 18.3. The van der Waals surface area contributed by atoms with Crippen LogP contribution in [0.3, 0.4) is 0 Å². The summed E-state index contributed by atoms with van der Waals surface area (Å²) in [5.74, 6) is 0.797. The van der Waals surface area contributed by atoms with E-state index in [2.05, 4.69) is 24.4 Å². The first-order chi connectivity index (χ1) is 10.8. The summed E-state index contributed by atoms with van der Waals surface area (Å²) in [7, 11) is 0. The van der Waals surface area contributed by atoms with E-state index in [0.717, 1.165) is 44.9 Å². The van der Waals surface area contributed by atoms with Crippen LogP contribution in [0.5, 0.6) is 0 Å². The fourth-order valence-electron chi connectivity index (χ4n) is 3.35. The summed E-state index contributed by atoms with van der Waals surface area (Å²) < 4.78 is 5.47. The molecule has 0 spiro atoms. The Morgan fingerprint density at radius 2 is 2.00 bits per heavy atom. The highest BCUT2D eigenvalue weighted by atomic mass is 16.6. The molecule has 1 N–H and O–H groups in total. The van der Waals surface area contributed by atoms with Crippen molar-refractivity contribution in [2.75, 3.05) is 26.2 Å². The van der Waals surface area contributed by atoms with Gasteiger partial charge in [0.2, 0.25) is 0 Å². The molecule has 1 aliphatic heterocycles. The summed E-state index contributed by atoms with van der Waals surface area (Å²) in [6.45, 7) is 11.9. The van der Waals surface area contributed by atoms with Gasteiger partial charge in [0, 0.05) is 19.6 Å². The van der Waals surface area contributed by atoms with Gasteiger partial charge in [0.05, 0.1) is 0 Å². The van der Waals surface area contributed by atoms with Crippen LogP contribution in [0, 0.1) is 11.3 Å². The number of allylic oxidation sites excluding steroid dienone is 2. The van der Waals surface area contributed by atoms with E-state index >= 15 is 0 Å². The lowest BCUT2D eigenvalue weighted by Gasteiger charge is -2.40. The van der Waals surface area contributed by atoms with Crippen molar-refractivity contribution >= 4 is 6.09 Å². The van der Waals surface area contributed by atoms with E-state index < -0.39 is 5.60 Å². The van der Waals surface area contributed by atoms with Crippen molar-refractivity contribution in [3.8, 4) is 0 Å². The van der Waals surface area contributed by atoms with Crippen LogP contribution >= 0.6 is 0 Å². The number of hydrogen-bond donors (Lipinski definition) is 1. The molecule has 1 unspecified atom stereocenters. The van der Waals surface area contributed by atoms with Crippen molar-refractivity contribution in [3.05, 3.63) is 12.2 Å². The number of hydrogen-bond acceptors (Lipinski definition) is 3. The molecule has 2 aliphatic rings. The van der Waals surface area contributed by atoms with Gasteiger partial charge >= 0.3 is 6.09 Å². The van der Waals surface area contributed by atoms with Gasteiger partial charge in [0.1, 0.15) is 5.60 Å². The van der Waals surface area contributed by atoms with Crippen LogP contribution in [-0.4, -0.2) is 42.8 Å². The fourth-order valence-corrected chi connectivity index (χ4v) is 3.35. The monoisotopic (exact) mass is 322 g/mol. The number of ether oxygens (including phenoxy) is 1. The maximum atomic E-state index is 12.1. The van der Waals surface area contributed by atoms with Crippen molar-refractivity contribution < 1.29 is 9.53 Å². The molecule has 23 heavy (non-hydrogen) atoms. The maximum absolute atomic E-state index is 12.1. The molecule has 2 rings (SSSR count). The SMILES string of the molecule is CC1(CNCC2CC=CCC2)CCN(C(=O)OC(C)(C)C)CC1. The number of carbonyl (C=O) groups excluding carboxylic acids is 1. The molecule has 4 heteroatoms. The van der Waals surface area contributed by atoms with Gasteiger partial charge in [-0.1, -0.05) is 19.1 Å². The minimum atomic E-state index is -0.409. The maximum Gasteiger partial charge on any atom is 0.410 e. The average molecular weight is 322 g/mol. The molecule has 1 atom stereocenters. The van der Waals surface area contributed by atoms with E-state index in [-0.39, 0.29) is 6.09 Å². The number of nitrogens with zero attached hydrogens (tertiary/aromatic N) is 1. The highest BCUT2D eigenvalue weighted by molar-refractivity contribution is 5.68. The van der Waals surface area contributed by atoms with Crippen LogP contribution in [0.1, 0.15) is 59.8 Å². The van der Waals surface area contributed by atoms with Crippen molar-refractivity contribution in [1.82, 2.24) is 10.2 Å². The van der Waals surface area contributed by atoms with Gasteiger partial charge in [0.15, 0.2) is 0 Å². The topological polar surface area (TPSA) is 41.6 Å². The number of carbonyl (C=O) groups is 1. The smallest absolute Gasteiger partial charge is 0.410 e. The molecular formula is C19H34N2O2. The molecule has 0 aromatic rings. The molecule has 0 radical (unpaired) electrons. The fraction of sp³-hybridized carbons (Fsp3) is 0.842. The number of rotatable bonds is 4. The van der Waals surface area contributed by atoms with Gasteiger partial charge in [-0.25, -0.2) is 4.79 Å². The number of amides is 1. The lowest BCUT2D eigenvalue weighted by Crippen LogP contribution is -2.47. The predicted molar refractivity (Wildman–Crippen MR) is 94.5 cm³/mol. The van der Waals surface area contributed by atoms with Crippen LogP contribution < -0.4 is 5.32 Å². The quantitative estimate of drug-likeness (QED) is 0.796. The van der Waals surface area contributed by atoms with Crippen LogP contribution in [0.2, 0.25) is 0 Å². The zero-order chi connectivity index (χ0) is 16.9. The lowest BCUT2D eigenvalue weighted by molar-refractivity contribution is 0.0119. The Balaban J connectivity index is 1.69. The van der Waals surface area contributed by atoms with Crippen LogP contribution in [0.25, 0.3) is 0 Å². The van der Waals surface area contributed by atoms with Gasteiger partial charge in [-0.2, -0.15) is 0 Å². The lowest BCUT2D eigenvalue weighted by atomic mass is 9.80. The molecule has 4 nitrogen and oxygen atoms in total. The Morgan fingerprint density at radius 3 is 2.57 bits per heavy atom. The summed E-state index contributed by atoms with van der Waals surface area (Å²) in [5, 5.41) is 3.68. The Hall–Kier alpha value is -1.03. The van der Waals surface area contributed by atoms with Crippen LogP contribution in [0.4, 0.5) is 4.79 Å². The van der Waals surface area contributed by atoms with Gasteiger partial charge < -0.3 is 15.0 Å². The number of likely N-dealkylation sites (tertiary alicyclic amines) is 1. The molecular weight excluding hydrogens is 288 g/mol. The van der Waals surface area contributed by atoms with Crippen LogP contribution in [0.15, 0.2) is 12.2 Å². The minimum Gasteiger partial charge on any atom is -0.444 e. The minimum absolute atomic E-state index is 0.165. The largest absolute Gasteiger partial charge is 0.444 e.